The van der Waals surface area contributed by atoms with E-state index in [9.17, 15) is 4.79 Å². The molecule has 0 saturated carbocycles. The summed E-state index contributed by atoms with van der Waals surface area (Å²) in [6.07, 6.45) is 3.14. The van der Waals surface area contributed by atoms with Gasteiger partial charge in [0.25, 0.3) is 5.91 Å². The van der Waals surface area contributed by atoms with Crippen LogP contribution in [0.1, 0.15) is 5.56 Å². The van der Waals surface area contributed by atoms with E-state index in [1.165, 1.54) is 18.0 Å². The number of hydrogen-bond acceptors (Lipinski definition) is 5. The van der Waals surface area contributed by atoms with Gasteiger partial charge in [-0.1, -0.05) is 30.3 Å². The molecule has 2 aliphatic heterocycles. The van der Waals surface area contributed by atoms with Crippen LogP contribution in [-0.4, -0.2) is 17.9 Å². The fraction of sp³-hybridized carbons (Fsp3) is 0.143. The molecule has 2 aliphatic rings. The molecular formula is C14H12N2O3S. The normalized spacial score (nSPS) is 21.6. The van der Waals surface area contributed by atoms with Crippen molar-refractivity contribution in [3.63, 3.8) is 0 Å². The smallest absolute Gasteiger partial charge is 0.264 e. The summed E-state index contributed by atoms with van der Waals surface area (Å²) in [7, 11) is 0. The van der Waals surface area contributed by atoms with Gasteiger partial charge in [0.05, 0.1) is 11.4 Å². The molecule has 20 heavy (non-hydrogen) atoms. The first kappa shape index (κ1) is 12.8. The fourth-order valence-corrected chi connectivity index (χ4v) is 2.51. The lowest BCUT2D eigenvalue weighted by molar-refractivity contribution is -0.115. The molecule has 0 atom stereocenters. The maximum absolute atomic E-state index is 11.8. The van der Waals surface area contributed by atoms with Crippen molar-refractivity contribution in [1.29, 1.82) is 0 Å². The Balaban J connectivity index is 1.67. The van der Waals surface area contributed by atoms with Gasteiger partial charge in [0.2, 0.25) is 6.79 Å². The van der Waals surface area contributed by atoms with Gasteiger partial charge in [-0.25, -0.2) is 0 Å². The van der Waals surface area contributed by atoms with Gasteiger partial charge < -0.3 is 14.8 Å². The number of rotatable bonds is 3. The highest BCUT2D eigenvalue weighted by atomic mass is 32.2. The Bertz CT molecular complexity index is 608. The highest BCUT2D eigenvalue weighted by molar-refractivity contribution is 8.18. The number of nitrogens with one attached hydrogen (secondary N) is 1. The minimum Gasteiger partial charge on any atom is -0.461 e. The minimum absolute atomic E-state index is 0.168. The highest BCUT2D eigenvalue weighted by Gasteiger charge is 2.24. The van der Waals surface area contributed by atoms with Crippen LogP contribution in [0.5, 0.6) is 0 Å². The maximum Gasteiger partial charge on any atom is 0.264 e. The van der Waals surface area contributed by atoms with Crippen molar-refractivity contribution in [2.24, 2.45) is 4.99 Å². The molecule has 0 aromatic heterocycles. The molecule has 1 aromatic carbocycles. The van der Waals surface area contributed by atoms with Crippen molar-refractivity contribution >= 4 is 22.8 Å². The number of aliphatic imine (C=N–C) groups is 1. The van der Waals surface area contributed by atoms with Crippen LogP contribution in [0.2, 0.25) is 0 Å². The van der Waals surface area contributed by atoms with E-state index >= 15 is 0 Å². The first-order valence-corrected chi connectivity index (χ1v) is 6.87. The van der Waals surface area contributed by atoms with Crippen molar-refractivity contribution in [2.75, 3.05) is 6.79 Å². The van der Waals surface area contributed by atoms with E-state index in [1.807, 2.05) is 30.3 Å². The lowest BCUT2D eigenvalue weighted by Gasteiger charge is -1.96. The van der Waals surface area contributed by atoms with Crippen LogP contribution >= 0.6 is 11.8 Å². The summed E-state index contributed by atoms with van der Waals surface area (Å²) in [5.41, 5.74) is 1.10. The Labute approximate surface area is 120 Å². The second-order valence-corrected chi connectivity index (χ2v) is 5.15. The Kier molecular flexibility index (Phi) is 3.73. The topological polar surface area (TPSA) is 59.9 Å². The number of amides is 1. The third-order valence-electron chi connectivity index (χ3n) is 2.67. The summed E-state index contributed by atoms with van der Waals surface area (Å²) in [6.45, 7) is 0.736. The van der Waals surface area contributed by atoms with Gasteiger partial charge in [0.15, 0.2) is 10.9 Å². The summed E-state index contributed by atoms with van der Waals surface area (Å²) in [5.74, 6) is 0.380. The largest absolute Gasteiger partial charge is 0.461 e. The van der Waals surface area contributed by atoms with Crippen LogP contribution in [0, 0.1) is 0 Å². The molecule has 0 radical (unpaired) electrons. The van der Waals surface area contributed by atoms with Gasteiger partial charge >= 0.3 is 0 Å². The van der Waals surface area contributed by atoms with Crippen LogP contribution in [0.25, 0.3) is 0 Å². The number of amidine groups is 1. The average molecular weight is 288 g/mol. The Morgan fingerprint density at radius 3 is 2.95 bits per heavy atom. The van der Waals surface area contributed by atoms with E-state index in [2.05, 4.69) is 10.3 Å². The number of carbonyl (C=O) groups excluding carboxylic acids is 1. The van der Waals surface area contributed by atoms with Crippen LogP contribution in [0.4, 0.5) is 0 Å². The van der Waals surface area contributed by atoms with Gasteiger partial charge in [0, 0.05) is 6.08 Å². The third-order valence-corrected chi connectivity index (χ3v) is 3.61. The van der Waals surface area contributed by atoms with E-state index in [4.69, 9.17) is 9.47 Å². The number of thioether (sulfide) groups is 1. The monoisotopic (exact) mass is 288 g/mol. The Hall–Kier alpha value is -2.21. The summed E-state index contributed by atoms with van der Waals surface area (Å²) in [4.78, 5) is 16.7. The SMILES string of the molecule is O=C1NC(=NCc2ccccc2)SC1=CC1=COCO1. The van der Waals surface area contributed by atoms with Gasteiger partial charge in [-0.2, -0.15) is 0 Å². The zero-order valence-electron chi connectivity index (χ0n) is 10.5. The molecule has 6 heteroatoms. The second kappa shape index (κ2) is 5.83. The fourth-order valence-electron chi connectivity index (χ4n) is 1.71. The number of nitrogens with zero attached hydrogens (tertiary/aromatic N) is 1. The molecule has 0 unspecified atom stereocenters. The van der Waals surface area contributed by atoms with E-state index < -0.39 is 0 Å². The number of allylic oxidation sites excluding steroid dienone is 1. The number of carbonyl (C=O) groups is 1. The number of ether oxygens (including phenoxy) is 2. The molecule has 1 fully saturated rings. The molecule has 3 rings (SSSR count). The molecule has 5 nitrogen and oxygen atoms in total. The van der Waals surface area contributed by atoms with Gasteiger partial charge in [-0.15, -0.1) is 0 Å². The Morgan fingerprint density at radius 2 is 2.20 bits per heavy atom. The zero-order chi connectivity index (χ0) is 13.8. The highest BCUT2D eigenvalue weighted by Crippen LogP contribution is 2.26. The van der Waals surface area contributed by atoms with E-state index in [1.54, 1.807) is 6.08 Å². The minimum atomic E-state index is -0.168. The van der Waals surface area contributed by atoms with Crippen molar-refractivity contribution in [3.05, 3.63) is 58.9 Å². The molecule has 0 spiro atoms. The predicted octanol–water partition coefficient (Wildman–Crippen LogP) is 2.14. The second-order valence-electron chi connectivity index (χ2n) is 4.12. The zero-order valence-corrected chi connectivity index (χ0v) is 11.4. The first-order valence-electron chi connectivity index (χ1n) is 6.05. The average Bonchev–Trinajstić information content (AvgIpc) is 3.09. The number of hydrogen-bond donors (Lipinski definition) is 1. The molecule has 0 aliphatic carbocycles. The Morgan fingerprint density at radius 1 is 1.35 bits per heavy atom. The van der Waals surface area contributed by atoms with E-state index in [0.29, 0.717) is 22.4 Å². The molecule has 1 N–H and O–H groups in total. The molecule has 1 amide bonds. The van der Waals surface area contributed by atoms with E-state index in [0.717, 1.165) is 5.56 Å². The number of benzene rings is 1. The summed E-state index contributed by atoms with van der Waals surface area (Å²) in [6, 6.07) is 9.88. The summed E-state index contributed by atoms with van der Waals surface area (Å²) < 4.78 is 10.1. The van der Waals surface area contributed by atoms with Crippen LogP contribution < -0.4 is 5.32 Å². The van der Waals surface area contributed by atoms with Crippen molar-refractivity contribution in [2.45, 2.75) is 6.54 Å². The molecule has 2 heterocycles. The lowest BCUT2D eigenvalue weighted by atomic mass is 10.2. The molecule has 102 valence electrons. The molecular weight excluding hydrogens is 276 g/mol. The van der Waals surface area contributed by atoms with E-state index in [-0.39, 0.29) is 12.7 Å². The third kappa shape index (κ3) is 3.03. The van der Waals surface area contributed by atoms with Gasteiger partial charge in [-0.3, -0.25) is 9.79 Å². The van der Waals surface area contributed by atoms with Gasteiger partial charge in [-0.05, 0) is 17.3 Å². The molecule has 1 saturated heterocycles. The van der Waals surface area contributed by atoms with Crippen molar-refractivity contribution < 1.29 is 14.3 Å². The summed E-state index contributed by atoms with van der Waals surface area (Å²) in [5, 5.41) is 3.33. The lowest BCUT2D eigenvalue weighted by Crippen LogP contribution is -2.19. The van der Waals surface area contributed by atoms with Crippen LogP contribution in [-0.2, 0) is 20.8 Å². The van der Waals surface area contributed by atoms with Crippen molar-refractivity contribution in [3.8, 4) is 0 Å². The quantitative estimate of drug-likeness (QED) is 0.866. The first-order chi connectivity index (χ1) is 9.81. The molecule has 0 bridgehead atoms. The standard InChI is InChI=1S/C14H12N2O3S/c17-13-12(6-11-8-18-9-19-11)20-14(16-13)15-7-10-4-2-1-3-5-10/h1-6,8H,7,9H2,(H,15,16,17). The predicted molar refractivity (Wildman–Crippen MR) is 76.5 cm³/mol. The van der Waals surface area contributed by atoms with Gasteiger partial charge in [0.1, 0.15) is 6.26 Å². The van der Waals surface area contributed by atoms with Crippen LogP contribution in [0.15, 0.2) is 58.3 Å². The maximum atomic E-state index is 11.8. The summed E-state index contributed by atoms with van der Waals surface area (Å²) >= 11 is 1.30. The molecule has 1 aromatic rings. The van der Waals surface area contributed by atoms with Crippen molar-refractivity contribution in [1.82, 2.24) is 5.32 Å². The van der Waals surface area contributed by atoms with Crippen LogP contribution in [0.3, 0.4) is 0 Å².